The van der Waals surface area contributed by atoms with Crippen LogP contribution in [0.25, 0.3) is 6.08 Å². The molecule has 0 saturated carbocycles. The first kappa shape index (κ1) is 30.9. The molecule has 0 fully saturated rings. The minimum atomic E-state index is -4.94. The number of fused-ring (bicyclic) bond motifs is 1. The van der Waals surface area contributed by atoms with E-state index in [-0.39, 0.29) is 17.9 Å². The number of hydrogen-bond acceptors (Lipinski definition) is 9. The molecule has 0 saturated heterocycles. The Bertz CT molecular complexity index is 846. The van der Waals surface area contributed by atoms with Gasteiger partial charge in [0.05, 0.1) is 12.1 Å². The number of esters is 1. The fourth-order valence-corrected chi connectivity index (χ4v) is 2.32. The molecule has 0 radical (unpaired) electrons. The number of likely N-dealkylation sites (N-methyl/N-ethyl adjacent to an activating group) is 1. The molecule has 16 heteroatoms. The van der Waals surface area contributed by atoms with E-state index in [0.29, 0.717) is 6.92 Å². The Morgan fingerprint density at radius 3 is 2.26 bits per heavy atom. The molecular weight excluding hydrogens is 481 g/mol. The molecule has 11 nitrogen and oxygen atoms in total. The molecule has 0 aromatic heterocycles. The number of carbonyl (C=O) groups is 2. The molecule has 0 aliphatic carbocycles. The number of halogens is 5. The van der Waals surface area contributed by atoms with Crippen LogP contribution in [0.2, 0.25) is 0 Å². The molecule has 1 heterocycles. The summed E-state index contributed by atoms with van der Waals surface area (Å²) >= 11 is 0. The molecule has 0 amide bonds. The highest BCUT2D eigenvalue weighted by Crippen LogP contribution is 2.39. The molecule has 8 N–H and O–H groups in total. The fourth-order valence-electron chi connectivity index (χ4n) is 2.32. The van der Waals surface area contributed by atoms with Gasteiger partial charge in [-0.25, -0.2) is 30.6 Å². The average molecular weight is 506 g/mol. The predicted molar refractivity (Wildman–Crippen MR) is 103 cm³/mol. The molecule has 1 aromatic carbocycles. The third-order valence-electron chi connectivity index (χ3n) is 3.54. The van der Waals surface area contributed by atoms with Crippen molar-refractivity contribution in [2.75, 3.05) is 13.6 Å². The maximum atomic E-state index is 13.8. The standard InChI is InChI=1S/C15H14F5NO5.C3H7NO2.H4NO/c1-7(26-21)23-13(22)10-6-8-5-9(25-15(18,19)20)3-4-11(8)24-12(10)14(2,16)17;1-4-2-3(5)6;1-2/h3-7,12H,21H2,1-2H3;4H,2H2,1H3,(H,5,6);2H,1H3/q;;+1. The van der Waals surface area contributed by atoms with Gasteiger partial charge in [0.15, 0.2) is 6.10 Å². The van der Waals surface area contributed by atoms with Gasteiger partial charge in [-0.3, -0.25) is 9.63 Å². The normalized spacial score (nSPS) is 15.6. The zero-order valence-corrected chi connectivity index (χ0v) is 18.2. The number of ether oxygens (including phenoxy) is 3. The number of carbonyl (C=O) groups excluding carboxylic acids is 1. The van der Waals surface area contributed by atoms with Crippen molar-refractivity contribution in [2.45, 2.75) is 38.5 Å². The number of alkyl halides is 5. The van der Waals surface area contributed by atoms with Crippen molar-refractivity contribution in [3.63, 3.8) is 0 Å². The maximum absolute atomic E-state index is 13.8. The molecule has 2 rings (SSSR count). The summed E-state index contributed by atoms with van der Waals surface area (Å²) in [4.78, 5) is 25.9. The van der Waals surface area contributed by atoms with Crippen molar-refractivity contribution in [3.8, 4) is 11.5 Å². The number of carboxylic acids is 1. The Kier molecular flexibility index (Phi) is 12.4. The van der Waals surface area contributed by atoms with E-state index in [1.807, 2.05) is 0 Å². The number of quaternary nitrogens is 1. The highest BCUT2D eigenvalue weighted by molar-refractivity contribution is 5.96. The second-order valence-electron chi connectivity index (χ2n) is 6.33. The van der Waals surface area contributed by atoms with Crippen molar-refractivity contribution in [2.24, 2.45) is 5.90 Å². The summed E-state index contributed by atoms with van der Waals surface area (Å²) in [7, 11) is 1.59. The van der Waals surface area contributed by atoms with Crippen LogP contribution in [0, 0.1) is 0 Å². The quantitative estimate of drug-likeness (QED) is 0.156. The minimum Gasteiger partial charge on any atom is -0.480 e. The van der Waals surface area contributed by atoms with Crippen LogP contribution < -0.4 is 26.6 Å². The molecule has 2 unspecified atom stereocenters. The van der Waals surface area contributed by atoms with Gasteiger partial charge in [0.2, 0.25) is 6.29 Å². The molecule has 34 heavy (non-hydrogen) atoms. The SMILES string of the molecule is CC(ON)OC(=O)C1=Cc2cc(OC(F)(F)F)ccc2OC1C(C)(F)F.CNCC(=O)O.[NH3+]O. The lowest BCUT2D eigenvalue weighted by atomic mass is 9.98. The van der Waals surface area contributed by atoms with Crippen LogP contribution in [0.3, 0.4) is 0 Å². The molecule has 0 bridgehead atoms. The minimum absolute atomic E-state index is 0.0417. The zero-order chi connectivity index (χ0) is 26.7. The second kappa shape index (κ2) is 13.6. The molecule has 1 aliphatic heterocycles. The Hall–Kier alpha value is -3.05. The Morgan fingerprint density at radius 2 is 1.85 bits per heavy atom. The number of nitrogens with one attached hydrogen (secondary N) is 1. The smallest absolute Gasteiger partial charge is 0.480 e. The fraction of sp³-hybridized carbons (Fsp3) is 0.444. The lowest BCUT2D eigenvalue weighted by molar-refractivity contribution is -0.670. The molecular formula is C18H25F5N3O8+. The number of carboxylic acid groups (broad SMARTS) is 1. The van der Waals surface area contributed by atoms with Crippen LogP contribution in [0.4, 0.5) is 22.0 Å². The van der Waals surface area contributed by atoms with Crippen molar-refractivity contribution >= 4 is 18.0 Å². The monoisotopic (exact) mass is 506 g/mol. The summed E-state index contributed by atoms with van der Waals surface area (Å²) in [6.45, 7) is 1.80. The summed E-state index contributed by atoms with van der Waals surface area (Å²) in [5.41, 5.74) is -0.682. The molecule has 194 valence electrons. The van der Waals surface area contributed by atoms with Crippen LogP contribution in [0.15, 0.2) is 23.8 Å². The van der Waals surface area contributed by atoms with Gasteiger partial charge < -0.3 is 24.6 Å². The van der Waals surface area contributed by atoms with Crippen LogP contribution in [-0.4, -0.2) is 60.5 Å². The van der Waals surface area contributed by atoms with Crippen molar-refractivity contribution in [1.82, 2.24) is 5.32 Å². The number of rotatable bonds is 7. The molecule has 1 aliphatic rings. The Morgan fingerprint density at radius 1 is 1.26 bits per heavy atom. The van der Waals surface area contributed by atoms with Gasteiger partial charge in [-0.2, -0.15) is 0 Å². The zero-order valence-electron chi connectivity index (χ0n) is 18.2. The summed E-state index contributed by atoms with van der Waals surface area (Å²) in [5, 5.41) is 17.1. The summed E-state index contributed by atoms with van der Waals surface area (Å²) in [6.07, 6.45) is -7.25. The van der Waals surface area contributed by atoms with Gasteiger partial charge in [-0.05, 0) is 38.2 Å². The number of hydrogen-bond donors (Lipinski definition) is 5. The van der Waals surface area contributed by atoms with Gasteiger partial charge in [0.25, 0.3) is 5.92 Å². The highest BCUT2D eigenvalue weighted by Gasteiger charge is 2.45. The summed E-state index contributed by atoms with van der Waals surface area (Å²) in [5.74, 6) is 0.790. The number of benzene rings is 1. The van der Waals surface area contributed by atoms with E-state index in [1.54, 1.807) is 7.05 Å². The van der Waals surface area contributed by atoms with E-state index in [1.165, 1.54) is 6.92 Å². The maximum Gasteiger partial charge on any atom is 0.573 e. The first-order valence-electron chi connectivity index (χ1n) is 9.08. The first-order valence-corrected chi connectivity index (χ1v) is 9.08. The first-order chi connectivity index (χ1) is 15.7. The van der Waals surface area contributed by atoms with Crippen LogP contribution >= 0.6 is 0 Å². The average Bonchev–Trinajstić information content (AvgIpc) is 2.72. The largest absolute Gasteiger partial charge is 0.573 e. The van der Waals surface area contributed by atoms with Crippen LogP contribution in [0.1, 0.15) is 19.4 Å². The Balaban J connectivity index is 0.00000118. The van der Waals surface area contributed by atoms with Crippen molar-refractivity contribution < 1.29 is 66.8 Å². The Labute approximate surface area is 189 Å². The van der Waals surface area contributed by atoms with Gasteiger partial charge in [-0.1, -0.05) is 0 Å². The van der Waals surface area contributed by atoms with Gasteiger partial charge in [0, 0.05) is 12.5 Å². The van der Waals surface area contributed by atoms with Crippen LogP contribution in [0.5, 0.6) is 11.5 Å². The van der Waals surface area contributed by atoms with E-state index < -0.39 is 47.9 Å². The van der Waals surface area contributed by atoms with Gasteiger partial charge in [-0.15, -0.1) is 13.2 Å². The molecule has 1 aromatic rings. The topological polar surface area (TPSA) is 177 Å². The molecule has 2 atom stereocenters. The molecule has 0 spiro atoms. The van der Waals surface area contributed by atoms with Crippen molar-refractivity contribution in [1.29, 1.82) is 0 Å². The number of aliphatic carboxylic acids is 1. The number of nitrogens with two attached hydrogens (primary N) is 1. The van der Waals surface area contributed by atoms with E-state index in [0.717, 1.165) is 24.3 Å². The second-order valence-corrected chi connectivity index (χ2v) is 6.33. The third-order valence-corrected chi connectivity index (χ3v) is 3.54. The van der Waals surface area contributed by atoms with Gasteiger partial charge in [0.1, 0.15) is 11.5 Å². The van der Waals surface area contributed by atoms with E-state index in [9.17, 15) is 31.5 Å². The predicted octanol–water partition coefficient (Wildman–Crippen LogP) is 1.07. The van der Waals surface area contributed by atoms with E-state index >= 15 is 0 Å². The van der Waals surface area contributed by atoms with Crippen LogP contribution in [-0.2, 0) is 19.2 Å². The van der Waals surface area contributed by atoms with E-state index in [4.69, 9.17) is 25.7 Å². The van der Waals surface area contributed by atoms with Crippen molar-refractivity contribution in [3.05, 3.63) is 29.3 Å². The lowest BCUT2D eigenvalue weighted by Crippen LogP contribution is -2.42. The summed E-state index contributed by atoms with van der Waals surface area (Å²) in [6, 6.07) is 2.82. The van der Waals surface area contributed by atoms with E-state index in [2.05, 4.69) is 20.8 Å². The summed E-state index contributed by atoms with van der Waals surface area (Å²) < 4.78 is 78.2. The third kappa shape index (κ3) is 10.7. The lowest BCUT2D eigenvalue weighted by Gasteiger charge is -2.30. The van der Waals surface area contributed by atoms with Gasteiger partial charge >= 0.3 is 18.3 Å². The highest BCUT2D eigenvalue weighted by atomic mass is 19.4.